The van der Waals surface area contributed by atoms with Gasteiger partial charge in [0.25, 0.3) is 0 Å². The van der Waals surface area contributed by atoms with Crippen LogP contribution >= 0.6 is 0 Å². The van der Waals surface area contributed by atoms with E-state index in [1.54, 1.807) is 11.8 Å². The number of benzene rings is 1. The molecule has 6 nitrogen and oxygen atoms in total. The molecule has 0 bridgehead atoms. The van der Waals surface area contributed by atoms with E-state index in [-0.39, 0.29) is 11.7 Å². The monoisotopic (exact) mass is 388 g/mol. The maximum absolute atomic E-state index is 12.7. The van der Waals surface area contributed by atoms with Crippen molar-refractivity contribution in [2.75, 3.05) is 13.7 Å². The Kier molecular flexibility index (Phi) is 5.62. The average molecular weight is 388 g/mol. The van der Waals surface area contributed by atoms with E-state index in [0.717, 1.165) is 33.7 Å². The Morgan fingerprint density at radius 2 is 2.07 bits per heavy atom. The second-order valence-electron chi connectivity index (χ2n) is 7.38. The SMILES string of the molecule is COC[C@H](CC(=O)Cc1cc2c(cn1)C(c1cnn(C)c1)=NC2)c1ccccc1. The van der Waals surface area contributed by atoms with Gasteiger partial charge in [-0.2, -0.15) is 5.10 Å². The Labute approximate surface area is 170 Å². The normalized spacial score (nSPS) is 13.8. The lowest BCUT2D eigenvalue weighted by molar-refractivity contribution is -0.119. The number of aromatic nitrogens is 3. The number of fused-ring (bicyclic) bond motifs is 1. The molecule has 0 spiro atoms. The van der Waals surface area contributed by atoms with E-state index in [2.05, 4.69) is 15.1 Å². The summed E-state index contributed by atoms with van der Waals surface area (Å²) >= 11 is 0. The number of carbonyl (C=O) groups excluding carboxylic acids is 1. The minimum Gasteiger partial charge on any atom is -0.384 e. The smallest absolute Gasteiger partial charge is 0.139 e. The van der Waals surface area contributed by atoms with Crippen LogP contribution in [0.5, 0.6) is 0 Å². The number of nitrogens with zero attached hydrogens (tertiary/aromatic N) is 4. The Morgan fingerprint density at radius 3 is 2.79 bits per heavy atom. The fraction of sp³-hybridized carbons (Fsp3) is 0.304. The molecule has 4 rings (SSSR count). The topological polar surface area (TPSA) is 69.4 Å². The molecule has 1 atom stereocenters. The van der Waals surface area contributed by atoms with Gasteiger partial charge in [-0.05, 0) is 17.2 Å². The van der Waals surface area contributed by atoms with Gasteiger partial charge in [-0.3, -0.25) is 19.5 Å². The first kappa shape index (κ1) is 19.2. The number of aryl methyl sites for hydroxylation is 1. The first-order chi connectivity index (χ1) is 14.1. The van der Waals surface area contributed by atoms with Gasteiger partial charge in [-0.1, -0.05) is 30.3 Å². The standard InChI is InChI=1S/C23H24N4O2/c1-27-14-19(12-26-27)23-22-13-24-20(8-17(22)11-25-23)10-21(28)9-18(15-29-2)16-6-4-3-5-7-16/h3-8,12-14,18H,9-11,15H2,1-2H3/t18-/m0/s1. The summed E-state index contributed by atoms with van der Waals surface area (Å²) < 4.78 is 7.10. The molecule has 2 aromatic heterocycles. The van der Waals surface area contributed by atoms with Crippen LogP contribution in [0.4, 0.5) is 0 Å². The molecule has 148 valence electrons. The number of Topliss-reactive ketones (excluding diaryl/α,β-unsaturated/α-hetero) is 1. The van der Waals surface area contributed by atoms with Crippen LogP contribution in [0.3, 0.4) is 0 Å². The van der Waals surface area contributed by atoms with Gasteiger partial charge >= 0.3 is 0 Å². The average Bonchev–Trinajstić information content (AvgIpc) is 3.34. The number of hydrogen-bond acceptors (Lipinski definition) is 5. The van der Waals surface area contributed by atoms with Gasteiger partial charge in [0.05, 0.1) is 25.1 Å². The highest BCUT2D eigenvalue weighted by molar-refractivity contribution is 6.14. The predicted molar refractivity (Wildman–Crippen MR) is 111 cm³/mol. The van der Waals surface area contributed by atoms with E-state index in [4.69, 9.17) is 4.74 Å². The van der Waals surface area contributed by atoms with Crippen molar-refractivity contribution < 1.29 is 9.53 Å². The molecule has 6 heteroatoms. The molecule has 0 N–H and O–H groups in total. The number of pyridine rings is 1. The number of aliphatic imine (C=N–C) groups is 1. The number of carbonyl (C=O) groups is 1. The van der Waals surface area contributed by atoms with E-state index in [1.165, 1.54) is 0 Å². The van der Waals surface area contributed by atoms with Gasteiger partial charge in [0.2, 0.25) is 0 Å². The van der Waals surface area contributed by atoms with Gasteiger partial charge in [0.1, 0.15) is 5.78 Å². The van der Waals surface area contributed by atoms with Gasteiger partial charge < -0.3 is 4.74 Å². The zero-order valence-electron chi connectivity index (χ0n) is 16.7. The largest absolute Gasteiger partial charge is 0.384 e. The predicted octanol–water partition coefficient (Wildman–Crippen LogP) is 3.10. The van der Waals surface area contributed by atoms with Crippen LogP contribution in [0.15, 0.2) is 60.0 Å². The highest BCUT2D eigenvalue weighted by atomic mass is 16.5. The molecule has 0 fully saturated rings. The van der Waals surface area contributed by atoms with Crippen molar-refractivity contribution in [3.8, 4) is 0 Å². The summed E-state index contributed by atoms with van der Waals surface area (Å²) in [4.78, 5) is 21.9. The van der Waals surface area contributed by atoms with E-state index in [1.807, 2.05) is 62.0 Å². The second-order valence-corrected chi connectivity index (χ2v) is 7.38. The molecule has 0 aliphatic carbocycles. The molecule has 29 heavy (non-hydrogen) atoms. The second kappa shape index (κ2) is 8.49. The Bertz CT molecular complexity index is 1040. The summed E-state index contributed by atoms with van der Waals surface area (Å²) in [6.07, 6.45) is 6.35. The molecular formula is C23H24N4O2. The zero-order chi connectivity index (χ0) is 20.2. The van der Waals surface area contributed by atoms with Crippen molar-refractivity contribution in [1.82, 2.24) is 14.8 Å². The lowest BCUT2D eigenvalue weighted by Gasteiger charge is -2.15. The van der Waals surface area contributed by atoms with Crippen molar-refractivity contribution >= 4 is 11.5 Å². The first-order valence-electron chi connectivity index (χ1n) is 9.71. The molecule has 3 aromatic rings. The summed E-state index contributed by atoms with van der Waals surface area (Å²) in [6.45, 7) is 1.13. The summed E-state index contributed by atoms with van der Waals surface area (Å²) in [5.41, 5.74) is 5.96. The third-order valence-corrected chi connectivity index (χ3v) is 5.18. The van der Waals surface area contributed by atoms with Gasteiger partial charge in [0.15, 0.2) is 0 Å². The zero-order valence-corrected chi connectivity index (χ0v) is 16.7. The molecule has 0 unspecified atom stereocenters. The molecule has 0 saturated heterocycles. The molecule has 3 heterocycles. The highest BCUT2D eigenvalue weighted by Crippen LogP contribution is 2.24. The van der Waals surface area contributed by atoms with E-state index >= 15 is 0 Å². The fourth-order valence-corrected chi connectivity index (χ4v) is 3.78. The summed E-state index contributed by atoms with van der Waals surface area (Å²) in [7, 11) is 3.56. The van der Waals surface area contributed by atoms with Crippen LogP contribution in [0.2, 0.25) is 0 Å². The molecule has 0 saturated carbocycles. The van der Waals surface area contributed by atoms with Gasteiger partial charge in [-0.15, -0.1) is 0 Å². The molecule has 1 aliphatic rings. The third kappa shape index (κ3) is 4.32. The Morgan fingerprint density at radius 1 is 1.24 bits per heavy atom. The third-order valence-electron chi connectivity index (χ3n) is 5.18. The van der Waals surface area contributed by atoms with Crippen molar-refractivity contribution in [1.29, 1.82) is 0 Å². The fourth-order valence-electron chi connectivity index (χ4n) is 3.78. The minimum atomic E-state index is 0.0589. The quantitative estimate of drug-likeness (QED) is 0.595. The van der Waals surface area contributed by atoms with Crippen LogP contribution in [0, 0.1) is 0 Å². The van der Waals surface area contributed by atoms with Crippen LogP contribution in [-0.2, 0) is 29.5 Å². The van der Waals surface area contributed by atoms with Gasteiger partial charge in [-0.25, -0.2) is 0 Å². The summed E-state index contributed by atoms with van der Waals surface area (Å²) in [5, 5.41) is 4.22. The summed E-state index contributed by atoms with van der Waals surface area (Å²) in [5.74, 6) is 0.221. The minimum absolute atomic E-state index is 0.0589. The van der Waals surface area contributed by atoms with Crippen LogP contribution in [0.25, 0.3) is 0 Å². The van der Waals surface area contributed by atoms with Crippen LogP contribution in [-0.4, -0.2) is 40.0 Å². The summed E-state index contributed by atoms with van der Waals surface area (Å²) in [6, 6.07) is 12.1. The Hall–Kier alpha value is -3.12. The van der Waals surface area contributed by atoms with Gasteiger partial charge in [0, 0.05) is 62.1 Å². The van der Waals surface area contributed by atoms with E-state index < -0.39 is 0 Å². The molecular weight excluding hydrogens is 364 g/mol. The molecule has 0 amide bonds. The number of methoxy groups -OCH3 is 1. The first-order valence-corrected chi connectivity index (χ1v) is 9.71. The highest BCUT2D eigenvalue weighted by Gasteiger charge is 2.21. The Balaban J connectivity index is 1.44. The van der Waals surface area contributed by atoms with Crippen molar-refractivity contribution in [2.24, 2.45) is 12.0 Å². The number of ketones is 1. The van der Waals surface area contributed by atoms with Crippen molar-refractivity contribution in [3.05, 3.63) is 82.9 Å². The lowest BCUT2D eigenvalue weighted by Crippen LogP contribution is -2.14. The maximum atomic E-state index is 12.7. The molecule has 0 radical (unpaired) electrons. The van der Waals surface area contributed by atoms with Crippen molar-refractivity contribution in [3.63, 3.8) is 0 Å². The molecule has 1 aliphatic heterocycles. The van der Waals surface area contributed by atoms with E-state index in [0.29, 0.717) is 26.0 Å². The van der Waals surface area contributed by atoms with Crippen LogP contribution in [0.1, 0.15) is 40.3 Å². The van der Waals surface area contributed by atoms with Crippen LogP contribution < -0.4 is 0 Å². The number of hydrogen-bond donors (Lipinski definition) is 0. The molecule has 1 aromatic carbocycles. The van der Waals surface area contributed by atoms with E-state index in [9.17, 15) is 4.79 Å². The lowest BCUT2D eigenvalue weighted by atomic mass is 9.93. The van der Waals surface area contributed by atoms with Crippen molar-refractivity contribution in [2.45, 2.75) is 25.3 Å². The maximum Gasteiger partial charge on any atom is 0.139 e. The number of rotatable bonds is 8. The number of ether oxygens (including phenoxy) is 1.